The third-order valence-corrected chi connectivity index (χ3v) is 5.04. The van der Waals surface area contributed by atoms with Gasteiger partial charge < -0.3 is 4.52 Å². The van der Waals surface area contributed by atoms with Gasteiger partial charge in [0.25, 0.3) is 16.0 Å². The van der Waals surface area contributed by atoms with Crippen LogP contribution in [-0.2, 0) is 10.0 Å². The van der Waals surface area contributed by atoms with Crippen molar-refractivity contribution in [3.8, 4) is 10.6 Å². The van der Waals surface area contributed by atoms with Crippen LogP contribution in [0.2, 0.25) is 0 Å². The van der Waals surface area contributed by atoms with E-state index in [2.05, 4.69) is 30.5 Å². The number of rotatable bonds is 4. The van der Waals surface area contributed by atoms with Crippen molar-refractivity contribution in [2.75, 3.05) is 4.72 Å². The third kappa shape index (κ3) is 2.32. The predicted octanol–water partition coefficient (Wildman–Crippen LogP) is 0.717. The van der Waals surface area contributed by atoms with Crippen LogP contribution in [0.4, 0.5) is 5.95 Å². The summed E-state index contributed by atoms with van der Waals surface area (Å²) in [6.07, 6.45) is 1.42. The molecule has 9 nitrogen and oxygen atoms in total. The molecule has 0 unspecified atom stereocenters. The van der Waals surface area contributed by atoms with Gasteiger partial charge >= 0.3 is 0 Å². The van der Waals surface area contributed by atoms with Crippen LogP contribution >= 0.6 is 11.3 Å². The second-order valence-corrected chi connectivity index (χ2v) is 6.34. The number of thiophene rings is 1. The van der Waals surface area contributed by atoms with Crippen molar-refractivity contribution in [1.29, 1.82) is 0 Å². The minimum atomic E-state index is -3.73. The first-order chi connectivity index (χ1) is 9.15. The average Bonchev–Trinajstić information content (AvgIpc) is 3.11. The molecule has 0 atom stereocenters. The van der Waals surface area contributed by atoms with Crippen LogP contribution in [0.25, 0.3) is 10.6 Å². The second kappa shape index (κ2) is 4.44. The molecule has 0 aliphatic rings. The number of aromatic nitrogens is 5. The zero-order valence-electron chi connectivity index (χ0n) is 9.14. The highest BCUT2D eigenvalue weighted by atomic mass is 32.2. The fraction of sp³-hybridized carbons (Fsp3) is 0. The molecule has 0 radical (unpaired) electrons. The van der Waals surface area contributed by atoms with E-state index in [4.69, 9.17) is 4.52 Å². The Labute approximate surface area is 110 Å². The molecule has 19 heavy (non-hydrogen) atoms. The van der Waals surface area contributed by atoms with Crippen LogP contribution in [0, 0.1) is 0 Å². The second-order valence-electron chi connectivity index (χ2n) is 3.34. The number of sulfonamides is 1. The number of nitrogens with zero attached hydrogens (tertiary/aromatic N) is 4. The van der Waals surface area contributed by atoms with E-state index in [0.29, 0.717) is 10.6 Å². The highest BCUT2D eigenvalue weighted by Gasteiger charge is 2.19. The number of anilines is 1. The lowest BCUT2D eigenvalue weighted by molar-refractivity contribution is 0.422. The Morgan fingerprint density at radius 3 is 2.89 bits per heavy atom. The summed E-state index contributed by atoms with van der Waals surface area (Å²) in [5, 5.41) is 16.2. The summed E-state index contributed by atoms with van der Waals surface area (Å²) < 4.78 is 31.1. The Balaban J connectivity index is 1.90. The van der Waals surface area contributed by atoms with Gasteiger partial charge in [-0.05, 0) is 17.3 Å². The molecule has 0 spiro atoms. The van der Waals surface area contributed by atoms with Gasteiger partial charge in [0.05, 0.1) is 4.88 Å². The van der Waals surface area contributed by atoms with Gasteiger partial charge in [-0.2, -0.15) is 5.21 Å². The van der Waals surface area contributed by atoms with Gasteiger partial charge in [-0.25, -0.2) is 13.1 Å². The molecular formula is C8H6N6O3S2. The Kier molecular flexibility index (Phi) is 2.76. The summed E-state index contributed by atoms with van der Waals surface area (Å²) in [7, 11) is -3.73. The van der Waals surface area contributed by atoms with E-state index in [1.54, 1.807) is 12.1 Å². The summed E-state index contributed by atoms with van der Waals surface area (Å²) >= 11 is 1.06. The van der Waals surface area contributed by atoms with Gasteiger partial charge in [0.1, 0.15) is 16.2 Å². The van der Waals surface area contributed by atoms with E-state index in [1.807, 2.05) is 0 Å². The smallest absolute Gasteiger partial charge is 0.276 e. The Bertz CT molecular complexity index is 761. The van der Waals surface area contributed by atoms with Crippen molar-refractivity contribution in [3.63, 3.8) is 0 Å². The molecule has 3 aromatic heterocycles. The molecular weight excluding hydrogens is 292 g/mol. The van der Waals surface area contributed by atoms with Gasteiger partial charge in [-0.3, -0.25) is 0 Å². The Hall–Kier alpha value is -2.27. The third-order valence-electron chi connectivity index (χ3n) is 2.11. The molecule has 0 saturated heterocycles. The fourth-order valence-corrected chi connectivity index (χ4v) is 3.52. The van der Waals surface area contributed by atoms with Crippen molar-refractivity contribution in [1.82, 2.24) is 25.8 Å². The number of hydrogen-bond donors (Lipinski definition) is 2. The molecule has 3 aromatic rings. The average molecular weight is 298 g/mol. The first kappa shape index (κ1) is 11.8. The van der Waals surface area contributed by atoms with Crippen molar-refractivity contribution in [2.45, 2.75) is 4.21 Å². The quantitative estimate of drug-likeness (QED) is 0.726. The van der Waals surface area contributed by atoms with Gasteiger partial charge in [-0.1, -0.05) is 10.3 Å². The van der Waals surface area contributed by atoms with Gasteiger partial charge in [0.2, 0.25) is 0 Å². The zero-order chi connectivity index (χ0) is 13.3. The maximum atomic E-state index is 12.0. The maximum absolute atomic E-state index is 12.0. The summed E-state index contributed by atoms with van der Waals surface area (Å²) in [5.74, 6) is -0.114. The SMILES string of the molecule is O=S(=O)(Nc1nn[nH]n1)c1ccc(-c2ccon2)s1. The monoisotopic (exact) mass is 298 g/mol. The van der Waals surface area contributed by atoms with Crippen LogP contribution in [0.1, 0.15) is 0 Å². The molecule has 0 fully saturated rings. The molecule has 0 bridgehead atoms. The topological polar surface area (TPSA) is 127 Å². The summed E-state index contributed by atoms with van der Waals surface area (Å²) in [6.45, 7) is 0. The summed E-state index contributed by atoms with van der Waals surface area (Å²) in [5.41, 5.74) is 0.575. The van der Waals surface area contributed by atoms with Crippen molar-refractivity contribution < 1.29 is 12.9 Å². The maximum Gasteiger partial charge on any atom is 0.276 e. The number of H-pyrrole nitrogens is 1. The number of tetrazole rings is 1. The molecule has 0 saturated carbocycles. The normalized spacial score (nSPS) is 11.6. The minimum Gasteiger partial charge on any atom is -0.364 e. The molecule has 3 rings (SSSR count). The van der Waals surface area contributed by atoms with E-state index < -0.39 is 10.0 Å². The van der Waals surface area contributed by atoms with E-state index in [9.17, 15) is 8.42 Å². The minimum absolute atomic E-state index is 0.114. The molecule has 3 heterocycles. The highest BCUT2D eigenvalue weighted by molar-refractivity contribution is 7.94. The van der Waals surface area contributed by atoms with Crippen LogP contribution in [0.3, 0.4) is 0 Å². The summed E-state index contributed by atoms with van der Waals surface area (Å²) in [4.78, 5) is 0.683. The van der Waals surface area contributed by atoms with Crippen molar-refractivity contribution in [3.05, 3.63) is 24.5 Å². The highest BCUT2D eigenvalue weighted by Crippen LogP contribution is 2.30. The van der Waals surface area contributed by atoms with E-state index in [1.165, 1.54) is 12.3 Å². The van der Waals surface area contributed by atoms with Crippen LogP contribution in [0.15, 0.2) is 33.2 Å². The lowest BCUT2D eigenvalue weighted by atomic mass is 10.3. The standard InChI is InChI=1S/C8H6N6O3S2/c15-19(16,12-8-9-13-14-10-8)7-2-1-6(18-7)5-3-4-17-11-5/h1-4H,(H2,9,10,12,13,14). The number of hydrogen-bond acceptors (Lipinski definition) is 8. The van der Waals surface area contributed by atoms with E-state index in [-0.39, 0.29) is 10.2 Å². The van der Waals surface area contributed by atoms with E-state index in [0.717, 1.165) is 11.3 Å². The fourth-order valence-electron chi connectivity index (χ4n) is 1.32. The molecule has 2 N–H and O–H groups in total. The molecule has 0 amide bonds. The Morgan fingerprint density at radius 1 is 1.32 bits per heavy atom. The zero-order valence-corrected chi connectivity index (χ0v) is 10.8. The first-order valence-electron chi connectivity index (χ1n) is 4.92. The molecule has 0 aliphatic carbocycles. The van der Waals surface area contributed by atoms with Crippen LogP contribution < -0.4 is 4.72 Å². The summed E-state index contributed by atoms with van der Waals surface area (Å²) in [6, 6.07) is 4.76. The lowest BCUT2D eigenvalue weighted by Crippen LogP contribution is -2.12. The Morgan fingerprint density at radius 2 is 2.21 bits per heavy atom. The largest absolute Gasteiger partial charge is 0.364 e. The van der Waals surface area contributed by atoms with Crippen molar-refractivity contribution in [2.24, 2.45) is 0 Å². The van der Waals surface area contributed by atoms with Crippen molar-refractivity contribution >= 4 is 27.3 Å². The molecule has 11 heteroatoms. The number of aromatic amines is 1. The van der Waals surface area contributed by atoms with Crippen LogP contribution in [0.5, 0.6) is 0 Å². The van der Waals surface area contributed by atoms with Gasteiger partial charge in [0.15, 0.2) is 0 Å². The first-order valence-corrected chi connectivity index (χ1v) is 7.22. The molecule has 0 aromatic carbocycles. The van der Waals surface area contributed by atoms with E-state index >= 15 is 0 Å². The van der Waals surface area contributed by atoms with Gasteiger partial charge in [-0.15, -0.1) is 16.4 Å². The van der Waals surface area contributed by atoms with Gasteiger partial charge in [0, 0.05) is 6.07 Å². The predicted molar refractivity (Wildman–Crippen MR) is 64.8 cm³/mol. The number of nitrogens with one attached hydrogen (secondary N) is 2. The lowest BCUT2D eigenvalue weighted by Gasteiger charge is -1.99. The molecule has 0 aliphatic heterocycles. The molecule has 98 valence electrons. The van der Waals surface area contributed by atoms with Crippen LogP contribution in [-0.4, -0.2) is 34.2 Å².